The van der Waals surface area contributed by atoms with E-state index in [1.54, 1.807) is 0 Å². The molecule has 1 saturated heterocycles. The van der Waals surface area contributed by atoms with Crippen LogP contribution in [0.25, 0.3) is 11.0 Å². The molecule has 1 aliphatic rings. The van der Waals surface area contributed by atoms with Crippen molar-refractivity contribution in [3.05, 3.63) is 23.8 Å². The standard InChI is InChI=1S/C14H18N4O2/c19-14(11-2-1-6-15-7-5-11)16-9-10-3-4-12-13(8-10)18-20-17-12/h3-4,8,11,15H,1-2,5-7,9H2,(H,16,19)/t11-/m1/s1. The second kappa shape index (κ2) is 6.00. The van der Waals surface area contributed by atoms with E-state index in [9.17, 15) is 4.79 Å². The largest absolute Gasteiger partial charge is 0.352 e. The van der Waals surface area contributed by atoms with Gasteiger partial charge in [0.1, 0.15) is 11.0 Å². The fourth-order valence-electron chi connectivity index (χ4n) is 2.55. The summed E-state index contributed by atoms with van der Waals surface area (Å²) in [5.74, 6) is 0.273. The molecule has 2 aromatic rings. The number of benzene rings is 1. The molecule has 1 aromatic carbocycles. The Bertz CT molecular complexity index is 588. The molecule has 2 N–H and O–H groups in total. The molecule has 1 aliphatic heterocycles. The predicted octanol–water partition coefficient (Wildman–Crippen LogP) is 1.23. The minimum Gasteiger partial charge on any atom is -0.352 e. The number of carbonyl (C=O) groups excluding carboxylic acids is 1. The van der Waals surface area contributed by atoms with Crippen molar-refractivity contribution in [1.29, 1.82) is 0 Å². The van der Waals surface area contributed by atoms with Crippen LogP contribution < -0.4 is 10.6 Å². The SMILES string of the molecule is O=C(NCc1ccc2nonc2c1)[C@@H]1CCCNCC1. The molecule has 0 spiro atoms. The first-order valence-corrected chi connectivity index (χ1v) is 7.02. The van der Waals surface area contributed by atoms with Gasteiger partial charge in [0.05, 0.1) is 0 Å². The average Bonchev–Trinajstić information content (AvgIpc) is 2.76. The summed E-state index contributed by atoms with van der Waals surface area (Å²) < 4.78 is 4.66. The second-order valence-electron chi connectivity index (χ2n) is 5.18. The zero-order valence-corrected chi connectivity index (χ0v) is 11.3. The van der Waals surface area contributed by atoms with Gasteiger partial charge in [-0.2, -0.15) is 0 Å². The van der Waals surface area contributed by atoms with Crippen LogP contribution in [0.5, 0.6) is 0 Å². The molecule has 6 heteroatoms. The Labute approximate surface area is 116 Å². The predicted molar refractivity (Wildman–Crippen MR) is 73.9 cm³/mol. The van der Waals surface area contributed by atoms with Crippen molar-refractivity contribution in [1.82, 2.24) is 20.9 Å². The Hall–Kier alpha value is -1.95. The number of hydrogen-bond acceptors (Lipinski definition) is 5. The molecular formula is C14H18N4O2. The minimum atomic E-state index is 0.127. The maximum Gasteiger partial charge on any atom is 0.223 e. The summed E-state index contributed by atoms with van der Waals surface area (Å²) in [6.07, 6.45) is 2.94. The van der Waals surface area contributed by atoms with Gasteiger partial charge in [0.15, 0.2) is 0 Å². The topological polar surface area (TPSA) is 80.1 Å². The lowest BCUT2D eigenvalue weighted by molar-refractivity contribution is -0.125. The molecule has 1 fully saturated rings. The third kappa shape index (κ3) is 2.96. The van der Waals surface area contributed by atoms with Crippen LogP contribution in [-0.2, 0) is 11.3 Å². The van der Waals surface area contributed by atoms with Crippen molar-refractivity contribution in [3.63, 3.8) is 0 Å². The van der Waals surface area contributed by atoms with E-state index in [0.29, 0.717) is 6.54 Å². The highest BCUT2D eigenvalue weighted by Gasteiger charge is 2.19. The lowest BCUT2D eigenvalue weighted by Crippen LogP contribution is -2.30. The van der Waals surface area contributed by atoms with Crippen LogP contribution in [-0.4, -0.2) is 29.3 Å². The molecule has 0 bridgehead atoms. The molecule has 3 rings (SSSR count). The van der Waals surface area contributed by atoms with Gasteiger partial charge >= 0.3 is 0 Å². The van der Waals surface area contributed by atoms with Gasteiger partial charge in [-0.05, 0) is 60.4 Å². The highest BCUT2D eigenvalue weighted by Crippen LogP contribution is 2.15. The molecule has 1 atom stereocenters. The van der Waals surface area contributed by atoms with Gasteiger partial charge < -0.3 is 10.6 Å². The van der Waals surface area contributed by atoms with Gasteiger partial charge in [0, 0.05) is 12.5 Å². The number of amides is 1. The van der Waals surface area contributed by atoms with E-state index in [4.69, 9.17) is 0 Å². The quantitative estimate of drug-likeness (QED) is 0.880. The maximum absolute atomic E-state index is 12.2. The molecule has 0 aliphatic carbocycles. The Balaban J connectivity index is 1.58. The van der Waals surface area contributed by atoms with Crippen molar-refractivity contribution in [2.45, 2.75) is 25.8 Å². The third-order valence-corrected chi connectivity index (χ3v) is 3.73. The summed E-state index contributed by atoms with van der Waals surface area (Å²) in [5.41, 5.74) is 2.46. The number of hydrogen-bond donors (Lipinski definition) is 2. The molecule has 20 heavy (non-hydrogen) atoms. The van der Waals surface area contributed by atoms with Crippen LogP contribution in [0.2, 0.25) is 0 Å². The van der Waals surface area contributed by atoms with Crippen molar-refractivity contribution in [2.24, 2.45) is 5.92 Å². The fraction of sp³-hybridized carbons (Fsp3) is 0.500. The minimum absolute atomic E-state index is 0.127. The monoisotopic (exact) mass is 274 g/mol. The zero-order valence-electron chi connectivity index (χ0n) is 11.3. The Morgan fingerprint density at radius 3 is 3.15 bits per heavy atom. The van der Waals surface area contributed by atoms with Crippen molar-refractivity contribution >= 4 is 16.9 Å². The van der Waals surface area contributed by atoms with Gasteiger partial charge in [-0.1, -0.05) is 6.07 Å². The normalized spacial score (nSPS) is 19.7. The highest BCUT2D eigenvalue weighted by molar-refractivity contribution is 5.79. The van der Waals surface area contributed by atoms with E-state index < -0.39 is 0 Å². The van der Waals surface area contributed by atoms with Gasteiger partial charge in [-0.25, -0.2) is 4.63 Å². The molecule has 1 aromatic heterocycles. The molecule has 1 amide bonds. The molecule has 2 heterocycles. The van der Waals surface area contributed by atoms with Crippen molar-refractivity contribution in [3.8, 4) is 0 Å². The lowest BCUT2D eigenvalue weighted by atomic mass is 10.00. The van der Waals surface area contributed by atoms with Crippen LogP contribution >= 0.6 is 0 Å². The average molecular weight is 274 g/mol. The second-order valence-corrected chi connectivity index (χ2v) is 5.18. The van der Waals surface area contributed by atoms with E-state index in [1.165, 1.54) is 0 Å². The summed E-state index contributed by atoms with van der Waals surface area (Å²) in [6, 6.07) is 5.67. The van der Waals surface area contributed by atoms with Crippen molar-refractivity contribution < 1.29 is 9.42 Å². The molecule has 0 unspecified atom stereocenters. The molecular weight excluding hydrogens is 256 g/mol. The highest BCUT2D eigenvalue weighted by atomic mass is 16.6. The summed E-state index contributed by atoms with van der Waals surface area (Å²) in [7, 11) is 0. The van der Waals surface area contributed by atoms with Gasteiger partial charge in [-0.15, -0.1) is 0 Å². The van der Waals surface area contributed by atoms with Gasteiger partial charge in [-0.3, -0.25) is 4.79 Å². The molecule has 106 valence electrons. The Morgan fingerprint density at radius 1 is 1.30 bits per heavy atom. The first kappa shape index (κ1) is 13.1. The summed E-state index contributed by atoms with van der Waals surface area (Å²) in [4.78, 5) is 12.2. The lowest BCUT2D eigenvalue weighted by Gasteiger charge is -2.13. The summed E-state index contributed by atoms with van der Waals surface area (Å²) in [5, 5.41) is 13.9. The maximum atomic E-state index is 12.2. The van der Waals surface area contributed by atoms with Gasteiger partial charge in [0.2, 0.25) is 5.91 Å². The number of fused-ring (bicyclic) bond motifs is 1. The van der Waals surface area contributed by atoms with E-state index in [0.717, 1.165) is 48.9 Å². The van der Waals surface area contributed by atoms with E-state index in [-0.39, 0.29) is 11.8 Å². The van der Waals surface area contributed by atoms with Gasteiger partial charge in [0.25, 0.3) is 0 Å². The fourth-order valence-corrected chi connectivity index (χ4v) is 2.55. The van der Waals surface area contributed by atoms with E-state index >= 15 is 0 Å². The molecule has 0 radical (unpaired) electrons. The third-order valence-electron chi connectivity index (χ3n) is 3.73. The first-order valence-electron chi connectivity index (χ1n) is 7.02. The molecule has 0 saturated carbocycles. The number of nitrogens with one attached hydrogen (secondary N) is 2. The number of rotatable bonds is 3. The summed E-state index contributed by atoms with van der Waals surface area (Å²) in [6.45, 7) is 2.46. The Morgan fingerprint density at radius 2 is 2.20 bits per heavy atom. The first-order chi connectivity index (χ1) is 9.83. The number of aromatic nitrogens is 2. The van der Waals surface area contributed by atoms with Crippen LogP contribution in [0.15, 0.2) is 22.8 Å². The van der Waals surface area contributed by atoms with Crippen LogP contribution in [0.3, 0.4) is 0 Å². The van der Waals surface area contributed by atoms with Crippen molar-refractivity contribution in [2.75, 3.05) is 13.1 Å². The van der Waals surface area contributed by atoms with E-state index in [1.807, 2.05) is 18.2 Å². The molecule has 6 nitrogen and oxygen atoms in total. The summed E-state index contributed by atoms with van der Waals surface area (Å²) >= 11 is 0. The number of nitrogens with zero attached hydrogens (tertiary/aromatic N) is 2. The van der Waals surface area contributed by atoms with Crippen LogP contribution in [0.1, 0.15) is 24.8 Å². The number of carbonyl (C=O) groups is 1. The zero-order chi connectivity index (χ0) is 13.8. The van der Waals surface area contributed by atoms with E-state index in [2.05, 4.69) is 25.6 Å². The Kier molecular flexibility index (Phi) is 3.92. The smallest absolute Gasteiger partial charge is 0.223 e. The van der Waals surface area contributed by atoms with Crippen LogP contribution in [0.4, 0.5) is 0 Å². The van der Waals surface area contributed by atoms with Crippen LogP contribution in [0, 0.1) is 5.92 Å².